The van der Waals surface area contributed by atoms with E-state index >= 15 is 0 Å². The van der Waals surface area contributed by atoms with Gasteiger partial charge in [0, 0.05) is 44.7 Å². The molecule has 2 heterocycles. The van der Waals surface area contributed by atoms with Crippen LogP contribution in [0.2, 0.25) is 0 Å². The van der Waals surface area contributed by atoms with Gasteiger partial charge in [0.25, 0.3) is 0 Å². The quantitative estimate of drug-likeness (QED) is 0.512. The maximum absolute atomic E-state index is 6.14. The lowest BCUT2D eigenvalue weighted by Crippen LogP contribution is -2.49. The molecule has 2 N–H and O–H groups in total. The third-order valence-electron chi connectivity index (χ3n) is 5.89. The van der Waals surface area contributed by atoms with Crippen molar-refractivity contribution in [1.29, 1.82) is 0 Å². The summed E-state index contributed by atoms with van der Waals surface area (Å²) in [6.07, 6.45) is 2.67. The highest BCUT2D eigenvalue weighted by Crippen LogP contribution is 2.33. The molecule has 2 fully saturated rings. The Labute approximate surface area is 172 Å². The van der Waals surface area contributed by atoms with Gasteiger partial charge in [0.1, 0.15) is 0 Å². The number of guanidine groups is 1. The lowest BCUT2D eigenvalue weighted by Gasteiger charge is -2.40. The Morgan fingerprint density at radius 2 is 1.86 bits per heavy atom. The molecule has 0 saturated carbocycles. The van der Waals surface area contributed by atoms with Crippen LogP contribution in [-0.2, 0) is 9.47 Å². The Morgan fingerprint density at radius 3 is 2.46 bits per heavy atom. The lowest BCUT2D eigenvalue weighted by atomic mass is 9.78. The first-order valence-electron chi connectivity index (χ1n) is 11.3. The maximum atomic E-state index is 6.14. The number of nitrogens with one attached hydrogen (secondary N) is 2. The monoisotopic (exact) mass is 396 g/mol. The van der Waals surface area contributed by atoms with Gasteiger partial charge in [0.15, 0.2) is 5.96 Å². The maximum Gasteiger partial charge on any atom is 0.191 e. The molecule has 6 nitrogen and oxygen atoms in total. The molecular weight excluding hydrogens is 352 g/mol. The molecule has 2 rings (SSSR count). The minimum atomic E-state index is 0.168. The van der Waals surface area contributed by atoms with Gasteiger partial charge in [-0.2, -0.15) is 0 Å². The van der Waals surface area contributed by atoms with Gasteiger partial charge in [-0.1, -0.05) is 34.6 Å². The molecule has 0 aliphatic carbocycles. The smallest absolute Gasteiger partial charge is 0.191 e. The van der Waals surface area contributed by atoms with Gasteiger partial charge in [0.05, 0.1) is 25.9 Å². The number of hydrogen-bond acceptors (Lipinski definition) is 4. The molecule has 2 saturated heterocycles. The second-order valence-electron chi connectivity index (χ2n) is 9.62. The van der Waals surface area contributed by atoms with Crippen molar-refractivity contribution in [3.63, 3.8) is 0 Å². The normalized spacial score (nSPS) is 26.3. The van der Waals surface area contributed by atoms with E-state index in [1.54, 1.807) is 0 Å². The van der Waals surface area contributed by atoms with E-state index in [4.69, 9.17) is 14.5 Å². The van der Waals surface area contributed by atoms with Crippen LogP contribution in [0.15, 0.2) is 4.99 Å². The predicted octanol–water partition coefficient (Wildman–Crippen LogP) is 2.74. The molecular formula is C22H44N4O2. The first-order chi connectivity index (χ1) is 13.3. The van der Waals surface area contributed by atoms with Crippen molar-refractivity contribution in [2.45, 2.75) is 66.5 Å². The van der Waals surface area contributed by atoms with Crippen molar-refractivity contribution in [2.75, 3.05) is 52.5 Å². The zero-order chi connectivity index (χ0) is 20.6. The van der Waals surface area contributed by atoms with Crippen LogP contribution in [0.5, 0.6) is 0 Å². The summed E-state index contributed by atoms with van der Waals surface area (Å²) in [5.74, 6) is 2.03. The van der Waals surface area contributed by atoms with Crippen LogP contribution in [0.4, 0.5) is 0 Å². The summed E-state index contributed by atoms with van der Waals surface area (Å²) >= 11 is 0. The van der Waals surface area contributed by atoms with Gasteiger partial charge in [-0.25, -0.2) is 0 Å². The Hall–Kier alpha value is -0.850. The van der Waals surface area contributed by atoms with Crippen LogP contribution in [0.1, 0.15) is 54.4 Å². The Bertz CT molecular complexity index is 470. The van der Waals surface area contributed by atoms with E-state index < -0.39 is 0 Å². The van der Waals surface area contributed by atoms with Crippen LogP contribution >= 0.6 is 0 Å². The fourth-order valence-corrected chi connectivity index (χ4v) is 4.42. The fraction of sp³-hybridized carbons (Fsp3) is 0.955. The van der Waals surface area contributed by atoms with Crippen LogP contribution in [-0.4, -0.2) is 75.5 Å². The van der Waals surface area contributed by atoms with E-state index in [0.29, 0.717) is 24.0 Å². The van der Waals surface area contributed by atoms with E-state index in [-0.39, 0.29) is 5.41 Å². The molecule has 0 aromatic heterocycles. The highest BCUT2D eigenvalue weighted by atomic mass is 16.5. The lowest BCUT2D eigenvalue weighted by molar-refractivity contribution is -0.0835. The Morgan fingerprint density at radius 1 is 1.14 bits per heavy atom. The topological polar surface area (TPSA) is 58.1 Å². The predicted molar refractivity (Wildman–Crippen MR) is 117 cm³/mol. The van der Waals surface area contributed by atoms with Gasteiger partial charge in [-0.3, -0.25) is 9.89 Å². The molecule has 0 aromatic carbocycles. The highest BCUT2D eigenvalue weighted by molar-refractivity contribution is 5.79. The molecule has 0 radical (unpaired) electrons. The molecule has 0 amide bonds. The van der Waals surface area contributed by atoms with Crippen molar-refractivity contribution < 1.29 is 9.47 Å². The summed E-state index contributed by atoms with van der Waals surface area (Å²) in [6, 6.07) is 0.458. The molecule has 0 bridgehead atoms. The average Bonchev–Trinajstić information content (AvgIpc) is 2.66. The van der Waals surface area contributed by atoms with Crippen molar-refractivity contribution in [3.8, 4) is 0 Å². The zero-order valence-corrected chi connectivity index (χ0v) is 19.1. The second-order valence-corrected chi connectivity index (χ2v) is 9.62. The largest absolute Gasteiger partial charge is 0.379 e. The van der Waals surface area contributed by atoms with Crippen LogP contribution in [0.3, 0.4) is 0 Å². The van der Waals surface area contributed by atoms with Crippen molar-refractivity contribution in [1.82, 2.24) is 15.5 Å². The second kappa shape index (κ2) is 11.4. The summed E-state index contributed by atoms with van der Waals surface area (Å²) in [4.78, 5) is 7.49. The summed E-state index contributed by atoms with van der Waals surface area (Å²) in [5, 5.41) is 7.03. The van der Waals surface area contributed by atoms with Crippen molar-refractivity contribution >= 4 is 5.96 Å². The Kier molecular flexibility index (Phi) is 9.51. The summed E-state index contributed by atoms with van der Waals surface area (Å²) in [5.41, 5.74) is 0.168. The van der Waals surface area contributed by atoms with Crippen molar-refractivity contribution in [3.05, 3.63) is 0 Å². The SMILES string of the molecule is CCNC(=NCC(C(C)C)N1CCOCC1)NCC1CCCOC1C(C)(C)C. The van der Waals surface area contributed by atoms with Crippen molar-refractivity contribution in [2.24, 2.45) is 22.2 Å². The first kappa shape index (κ1) is 23.4. The highest BCUT2D eigenvalue weighted by Gasteiger charge is 2.35. The molecule has 0 spiro atoms. The van der Waals surface area contributed by atoms with E-state index in [9.17, 15) is 0 Å². The molecule has 3 atom stereocenters. The number of rotatable bonds is 7. The minimum Gasteiger partial charge on any atom is -0.379 e. The first-order valence-corrected chi connectivity index (χ1v) is 11.3. The number of ether oxygens (including phenoxy) is 2. The molecule has 0 aromatic rings. The minimum absolute atomic E-state index is 0.168. The summed E-state index contributed by atoms with van der Waals surface area (Å²) in [6.45, 7) is 20.7. The van der Waals surface area contributed by atoms with Gasteiger partial charge in [-0.15, -0.1) is 0 Å². The van der Waals surface area contributed by atoms with Crippen LogP contribution in [0, 0.1) is 17.3 Å². The van der Waals surface area contributed by atoms with Gasteiger partial charge < -0.3 is 20.1 Å². The Balaban J connectivity index is 1.96. The fourth-order valence-electron chi connectivity index (χ4n) is 4.42. The van der Waals surface area contributed by atoms with E-state index in [2.05, 4.69) is 57.1 Å². The standard InChI is InChI=1S/C22H44N4O2/c1-7-23-21(24-15-18-9-8-12-28-20(18)22(4,5)6)25-16-19(17(2)3)26-10-13-27-14-11-26/h17-20H,7-16H2,1-6H3,(H2,23,24,25). The summed E-state index contributed by atoms with van der Waals surface area (Å²) in [7, 11) is 0. The van der Waals surface area contributed by atoms with Crippen LogP contribution in [0.25, 0.3) is 0 Å². The summed E-state index contributed by atoms with van der Waals surface area (Å²) < 4.78 is 11.7. The van der Waals surface area contributed by atoms with Gasteiger partial charge in [0.2, 0.25) is 0 Å². The number of morpholine rings is 1. The van der Waals surface area contributed by atoms with E-state index in [1.165, 1.54) is 6.42 Å². The molecule has 28 heavy (non-hydrogen) atoms. The van der Waals surface area contributed by atoms with Gasteiger partial charge in [-0.05, 0) is 31.1 Å². The van der Waals surface area contributed by atoms with Crippen LogP contribution < -0.4 is 10.6 Å². The molecule has 164 valence electrons. The van der Waals surface area contributed by atoms with E-state index in [1.807, 2.05) is 0 Å². The number of aliphatic imine (C=N–C) groups is 1. The third kappa shape index (κ3) is 7.20. The molecule has 3 unspecified atom stereocenters. The molecule has 2 aliphatic rings. The zero-order valence-electron chi connectivity index (χ0n) is 19.1. The molecule has 6 heteroatoms. The average molecular weight is 397 g/mol. The van der Waals surface area contributed by atoms with E-state index in [0.717, 1.165) is 64.9 Å². The number of nitrogens with zero attached hydrogens (tertiary/aromatic N) is 2. The third-order valence-corrected chi connectivity index (χ3v) is 5.89. The van der Waals surface area contributed by atoms with Gasteiger partial charge >= 0.3 is 0 Å². The number of hydrogen-bond donors (Lipinski definition) is 2. The molecule has 2 aliphatic heterocycles.